The lowest BCUT2D eigenvalue weighted by Gasteiger charge is -2.41. The van der Waals surface area contributed by atoms with E-state index in [0.29, 0.717) is 0 Å². The predicted molar refractivity (Wildman–Crippen MR) is 97.4 cm³/mol. The van der Waals surface area contributed by atoms with Gasteiger partial charge in [-0.3, -0.25) is 0 Å². The van der Waals surface area contributed by atoms with E-state index in [9.17, 15) is 5.26 Å². The van der Waals surface area contributed by atoms with Crippen molar-refractivity contribution in [3.63, 3.8) is 0 Å². The zero-order valence-electron chi connectivity index (χ0n) is 14.9. The van der Waals surface area contributed by atoms with Crippen LogP contribution in [0.4, 0.5) is 0 Å². The summed E-state index contributed by atoms with van der Waals surface area (Å²) in [5, 5.41) is 9.71. The van der Waals surface area contributed by atoms with E-state index in [1.54, 1.807) is 0 Å². The zero-order chi connectivity index (χ0) is 17.2. The van der Waals surface area contributed by atoms with Gasteiger partial charge in [0.05, 0.1) is 11.6 Å². The van der Waals surface area contributed by atoms with E-state index in [1.165, 1.54) is 16.7 Å². The lowest BCUT2D eigenvalue weighted by Crippen LogP contribution is -2.48. The maximum absolute atomic E-state index is 9.71. The molecule has 1 aliphatic rings. The first-order chi connectivity index (χ1) is 10.8. The first-order valence-electron chi connectivity index (χ1n) is 8.49. The Morgan fingerprint density at radius 3 is 2.70 bits per heavy atom. The van der Waals surface area contributed by atoms with Crippen molar-refractivity contribution in [2.24, 2.45) is 5.73 Å². The minimum absolute atomic E-state index is 0.0269. The molecule has 2 nitrogen and oxygen atoms in total. The van der Waals surface area contributed by atoms with Gasteiger partial charge in [-0.25, -0.2) is 0 Å². The number of benzene rings is 1. The Kier molecular flexibility index (Phi) is 5.12. The molecule has 2 unspecified atom stereocenters. The van der Waals surface area contributed by atoms with Gasteiger partial charge < -0.3 is 5.73 Å². The fourth-order valence-corrected chi connectivity index (χ4v) is 3.71. The van der Waals surface area contributed by atoms with E-state index in [0.717, 1.165) is 42.4 Å². The quantitative estimate of drug-likeness (QED) is 0.803. The van der Waals surface area contributed by atoms with E-state index in [2.05, 4.69) is 45.6 Å². The first-order valence-corrected chi connectivity index (χ1v) is 8.49. The number of hydrogen-bond donors (Lipinski definition) is 1. The summed E-state index contributed by atoms with van der Waals surface area (Å²) in [6.45, 7) is 12.6. The van der Waals surface area contributed by atoms with Crippen molar-refractivity contribution in [2.75, 3.05) is 0 Å². The van der Waals surface area contributed by atoms with Crippen LogP contribution in [0.2, 0.25) is 0 Å². The molecule has 0 fully saturated rings. The van der Waals surface area contributed by atoms with Gasteiger partial charge in [-0.2, -0.15) is 5.26 Å². The Morgan fingerprint density at radius 2 is 2.13 bits per heavy atom. The smallest absolute Gasteiger partial charge is 0.0994 e. The molecule has 0 aliphatic heterocycles. The molecule has 0 saturated heterocycles. The highest BCUT2D eigenvalue weighted by Crippen LogP contribution is 2.43. The molecular formula is C21H28N2. The van der Waals surface area contributed by atoms with Crippen molar-refractivity contribution in [3.8, 4) is 6.07 Å². The minimum atomic E-state index is -0.470. The van der Waals surface area contributed by atoms with Crippen LogP contribution in [-0.4, -0.2) is 5.54 Å². The second kappa shape index (κ2) is 6.72. The summed E-state index contributed by atoms with van der Waals surface area (Å²) in [6, 6.07) is 6.67. The van der Waals surface area contributed by atoms with Crippen molar-refractivity contribution in [2.45, 2.75) is 64.8 Å². The normalized spacial score (nSPS) is 24.0. The SMILES string of the molecule is C=C(C)C1(N)CCC(C)=CC1c1c(C)cc(CCC)cc1C#N. The second-order valence-electron chi connectivity index (χ2n) is 7.05. The van der Waals surface area contributed by atoms with Gasteiger partial charge in [0.1, 0.15) is 0 Å². The molecule has 0 amide bonds. The highest BCUT2D eigenvalue weighted by Gasteiger charge is 2.39. The summed E-state index contributed by atoms with van der Waals surface area (Å²) in [5.41, 5.74) is 12.9. The van der Waals surface area contributed by atoms with Gasteiger partial charge in [0.15, 0.2) is 0 Å². The Labute approximate surface area is 140 Å². The Hall–Kier alpha value is -1.85. The topological polar surface area (TPSA) is 49.8 Å². The van der Waals surface area contributed by atoms with Crippen molar-refractivity contribution in [3.05, 3.63) is 58.2 Å². The molecule has 0 radical (unpaired) electrons. The van der Waals surface area contributed by atoms with Crippen LogP contribution < -0.4 is 5.73 Å². The third-order valence-corrected chi connectivity index (χ3v) is 5.15. The number of rotatable bonds is 4. The summed E-state index contributed by atoms with van der Waals surface area (Å²) in [7, 11) is 0. The zero-order valence-corrected chi connectivity index (χ0v) is 14.9. The number of nitriles is 1. The highest BCUT2D eigenvalue weighted by molar-refractivity contribution is 5.52. The summed E-state index contributed by atoms with van der Waals surface area (Å²) < 4.78 is 0. The van der Waals surface area contributed by atoms with Gasteiger partial charge in [-0.05, 0) is 62.8 Å². The van der Waals surface area contributed by atoms with Crippen molar-refractivity contribution >= 4 is 0 Å². The molecule has 2 heteroatoms. The Bertz CT molecular complexity index is 691. The van der Waals surface area contributed by atoms with Crippen LogP contribution in [0.15, 0.2) is 35.9 Å². The predicted octanol–water partition coefficient (Wildman–Crippen LogP) is 4.92. The van der Waals surface area contributed by atoms with Crippen LogP contribution >= 0.6 is 0 Å². The Morgan fingerprint density at radius 1 is 1.43 bits per heavy atom. The number of nitrogens with zero attached hydrogens (tertiary/aromatic N) is 1. The Balaban J connectivity index is 2.65. The van der Waals surface area contributed by atoms with E-state index < -0.39 is 5.54 Å². The molecule has 122 valence electrons. The maximum atomic E-state index is 9.71. The molecule has 0 saturated carbocycles. The lowest BCUT2D eigenvalue weighted by molar-refractivity contribution is 0.397. The molecule has 0 spiro atoms. The van der Waals surface area contributed by atoms with Crippen LogP contribution in [0.5, 0.6) is 0 Å². The fourth-order valence-electron chi connectivity index (χ4n) is 3.71. The lowest BCUT2D eigenvalue weighted by atomic mass is 9.67. The third-order valence-electron chi connectivity index (χ3n) is 5.15. The summed E-state index contributed by atoms with van der Waals surface area (Å²) >= 11 is 0. The molecule has 1 aromatic carbocycles. The number of nitrogens with two attached hydrogens (primary N) is 1. The van der Waals surface area contributed by atoms with Crippen LogP contribution in [0.1, 0.15) is 68.2 Å². The summed E-state index contributed by atoms with van der Waals surface area (Å²) in [5.74, 6) is 0.0269. The molecule has 2 N–H and O–H groups in total. The summed E-state index contributed by atoms with van der Waals surface area (Å²) in [6.07, 6.45) is 6.22. The monoisotopic (exact) mass is 308 g/mol. The maximum Gasteiger partial charge on any atom is 0.0994 e. The average molecular weight is 308 g/mol. The van der Waals surface area contributed by atoms with Gasteiger partial charge in [-0.15, -0.1) is 0 Å². The molecule has 23 heavy (non-hydrogen) atoms. The number of allylic oxidation sites excluding steroid dienone is 1. The van der Waals surface area contributed by atoms with Crippen molar-refractivity contribution < 1.29 is 0 Å². The molecule has 0 aromatic heterocycles. The molecule has 2 atom stereocenters. The van der Waals surface area contributed by atoms with Crippen LogP contribution in [0.3, 0.4) is 0 Å². The van der Waals surface area contributed by atoms with Gasteiger partial charge >= 0.3 is 0 Å². The molecule has 1 aromatic rings. The fraction of sp³-hybridized carbons (Fsp3) is 0.476. The third kappa shape index (κ3) is 3.26. The van der Waals surface area contributed by atoms with Gasteiger partial charge in [0.25, 0.3) is 0 Å². The molecule has 1 aliphatic carbocycles. The van der Waals surface area contributed by atoms with Crippen molar-refractivity contribution in [1.29, 1.82) is 5.26 Å². The van der Waals surface area contributed by atoms with Gasteiger partial charge in [-0.1, -0.05) is 43.2 Å². The molecule has 0 bridgehead atoms. The van der Waals surface area contributed by atoms with E-state index in [1.807, 2.05) is 13.0 Å². The average Bonchev–Trinajstić information content (AvgIpc) is 2.49. The van der Waals surface area contributed by atoms with Crippen LogP contribution in [0, 0.1) is 18.3 Å². The highest BCUT2D eigenvalue weighted by atomic mass is 14.8. The number of hydrogen-bond acceptors (Lipinski definition) is 2. The van der Waals surface area contributed by atoms with E-state index >= 15 is 0 Å². The van der Waals surface area contributed by atoms with Crippen molar-refractivity contribution in [1.82, 2.24) is 0 Å². The van der Waals surface area contributed by atoms with E-state index in [4.69, 9.17) is 5.73 Å². The van der Waals surface area contributed by atoms with E-state index in [-0.39, 0.29) is 5.92 Å². The second-order valence-corrected chi connectivity index (χ2v) is 7.05. The molecule has 2 rings (SSSR count). The first kappa shape index (κ1) is 17.5. The standard InChI is InChI=1S/C21H28N2/c1-6-7-17-11-16(5)20(18(12-17)13-22)19-10-15(4)8-9-21(19,23)14(2)3/h10-12,19H,2,6-9,23H2,1,3-5H3. The number of aryl methyl sites for hydroxylation is 2. The van der Waals surface area contributed by atoms with Gasteiger partial charge in [0.2, 0.25) is 0 Å². The minimum Gasteiger partial charge on any atom is -0.321 e. The molecular weight excluding hydrogens is 280 g/mol. The van der Waals surface area contributed by atoms with Crippen LogP contribution in [0.25, 0.3) is 0 Å². The van der Waals surface area contributed by atoms with Gasteiger partial charge in [0, 0.05) is 11.5 Å². The largest absolute Gasteiger partial charge is 0.321 e. The molecule has 0 heterocycles. The van der Waals surface area contributed by atoms with Crippen LogP contribution in [-0.2, 0) is 6.42 Å². The summed E-state index contributed by atoms with van der Waals surface area (Å²) in [4.78, 5) is 0.